The molecule has 1 saturated carbocycles. The summed E-state index contributed by atoms with van der Waals surface area (Å²) < 4.78 is 13.3. The highest BCUT2D eigenvalue weighted by Gasteiger charge is 2.40. The molecule has 0 radical (unpaired) electrons. The summed E-state index contributed by atoms with van der Waals surface area (Å²) in [6.07, 6.45) is 2.14. The summed E-state index contributed by atoms with van der Waals surface area (Å²) in [5.41, 5.74) is 6.50. The Hall–Kier alpha value is -1.46. The topological polar surface area (TPSA) is 55.6 Å². The molecule has 0 unspecified atom stereocenters. The molecule has 0 bridgehead atoms. The second kappa shape index (κ2) is 4.90. The number of hydrogen-bond donors (Lipinski definition) is 1. The Morgan fingerprint density at radius 1 is 1.42 bits per heavy atom. The second-order valence-electron chi connectivity index (χ2n) is 5.29. The highest BCUT2D eigenvalue weighted by molar-refractivity contribution is 5.79. The van der Waals surface area contributed by atoms with Gasteiger partial charge in [0.2, 0.25) is 5.91 Å². The average Bonchev–Trinajstić information content (AvgIpc) is 2.83. The number of carbonyl (C=O) groups excluding carboxylic acids is 1. The van der Waals surface area contributed by atoms with Gasteiger partial charge in [-0.3, -0.25) is 9.63 Å². The first kappa shape index (κ1) is 12.6. The van der Waals surface area contributed by atoms with Gasteiger partial charge in [0.1, 0.15) is 5.82 Å². The molecule has 1 amide bonds. The Labute approximate surface area is 111 Å². The average molecular weight is 264 g/mol. The van der Waals surface area contributed by atoms with Crippen molar-refractivity contribution in [2.24, 2.45) is 11.7 Å². The van der Waals surface area contributed by atoms with E-state index in [-0.39, 0.29) is 29.7 Å². The molecule has 1 aromatic carbocycles. The Morgan fingerprint density at radius 2 is 2.21 bits per heavy atom. The number of nitrogens with zero attached hydrogens (tertiary/aromatic N) is 1. The Morgan fingerprint density at radius 3 is 2.89 bits per heavy atom. The maximum atomic E-state index is 13.3. The maximum absolute atomic E-state index is 13.3. The zero-order chi connectivity index (χ0) is 13.4. The summed E-state index contributed by atoms with van der Waals surface area (Å²) in [4.78, 5) is 17.7. The highest BCUT2D eigenvalue weighted by atomic mass is 19.1. The molecule has 2 N–H and O–H groups in total. The van der Waals surface area contributed by atoms with Gasteiger partial charge in [0.15, 0.2) is 0 Å². The summed E-state index contributed by atoms with van der Waals surface area (Å²) in [7, 11) is 0. The van der Waals surface area contributed by atoms with Gasteiger partial charge in [0.05, 0.1) is 12.6 Å². The van der Waals surface area contributed by atoms with Gasteiger partial charge in [0.25, 0.3) is 0 Å². The third kappa shape index (κ3) is 2.35. The third-order valence-electron chi connectivity index (χ3n) is 3.88. The van der Waals surface area contributed by atoms with Crippen molar-refractivity contribution in [1.29, 1.82) is 0 Å². The molecule has 3 rings (SSSR count). The molecule has 2 aliphatic rings. The van der Waals surface area contributed by atoms with Gasteiger partial charge in [-0.2, -0.15) is 0 Å². The number of nitrogens with two attached hydrogens (primary N) is 1. The number of hydroxylamine groups is 2. The van der Waals surface area contributed by atoms with E-state index in [1.54, 1.807) is 6.07 Å². The molecule has 4 nitrogen and oxygen atoms in total. The van der Waals surface area contributed by atoms with Crippen molar-refractivity contribution in [3.8, 4) is 0 Å². The normalized spacial score (nSPS) is 30.2. The van der Waals surface area contributed by atoms with Gasteiger partial charge >= 0.3 is 0 Å². The fourth-order valence-electron chi connectivity index (χ4n) is 2.75. The van der Waals surface area contributed by atoms with E-state index < -0.39 is 0 Å². The zero-order valence-corrected chi connectivity index (χ0v) is 10.6. The minimum absolute atomic E-state index is 0.0199. The van der Waals surface area contributed by atoms with Crippen LogP contribution in [0.5, 0.6) is 0 Å². The predicted molar refractivity (Wildman–Crippen MR) is 67.3 cm³/mol. The van der Waals surface area contributed by atoms with Gasteiger partial charge < -0.3 is 5.73 Å². The smallest absolute Gasteiger partial charge is 0.249 e. The molecular weight excluding hydrogens is 247 g/mol. The van der Waals surface area contributed by atoms with E-state index in [4.69, 9.17) is 10.6 Å². The molecule has 2 fully saturated rings. The first-order valence-electron chi connectivity index (χ1n) is 6.62. The lowest BCUT2D eigenvalue weighted by Gasteiger charge is -2.35. The van der Waals surface area contributed by atoms with Crippen molar-refractivity contribution in [3.63, 3.8) is 0 Å². The summed E-state index contributed by atoms with van der Waals surface area (Å²) in [5.74, 6) is -0.347. The Kier molecular flexibility index (Phi) is 3.24. The van der Waals surface area contributed by atoms with Gasteiger partial charge in [-0.15, -0.1) is 0 Å². The zero-order valence-electron chi connectivity index (χ0n) is 10.6. The van der Waals surface area contributed by atoms with E-state index in [2.05, 4.69) is 0 Å². The van der Waals surface area contributed by atoms with Crippen LogP contribution in [0.3, 0.4) is 0 Å². The molecule has 0 aromatic heterocycles. The first-order valence-corrected chi connectivity index (χ1v) is 6.62. The van der Waals surface area contributed by atoms with Crippen molar-refractivity contribution in [3.05, 3.63) is 35.6 Å². The van der Waals surface area contributed by atoms with Crippen LogP contribution >= 0.6 is 0 Å². The van der Waals surface area contributed by atoms with Gasteiger partial charge in [-0.1, -0.05) is 12.1 Å². The van der Waals surface area contributed by atoms with E-state index in [1.165, 1.54) is 17.2 Å². The van der Waals surface area contributed by atoms with E-state index in [1.807, 2.05) is 6.07 Å². The fourth-order valence-corrected chi connectivity index (χ4v) is 2.75. The molecule has 1 atom stereocenters. The molecule has 19 heavy (non-hydrogen) atoms. The molecule has 1 heterocycles. The lowest BCUT2D eigenvalue weighted by molar-refractivity contribution is -0.185. The molecule has 102 valence electrons. The number of carbonyl (C=O) groups is 1. The minimum atomic E-state index is -0.289. The van der Waals surface area contributed by atoms with Crippen LogP contribution in [0.15, 0.2) is 24.3 Å². The molecule has 5 heteroatoms. The summed E-state index contributed by atoms with van der Waals surface area (Å²) in [6, 6.07) is 6.30. The van der Waals surface area contributed by atoms with Crippen molar-refractivity contribution in [1.82, 2.24) is 5.06 Å². The fraction of sp³-hybridized carbons (Fsp3) is 0.500. The number of halogens is 1. The lowest BCUT2D eigenvalue weighted by atomic mass is 9.80. The van der Waals surface area contributed by atoms with Crippen LogP contribution in [0.2, 0.25) is 0 Å². The van der Waals surface area contributed by atoms with Crippen molar-refractivity contribution < 1.29 is 14.0 Å². The summed E-state index contributed by atoms with van der Waals surface area (Å²) in [5, 5.41) is 1.42. The van der Waals surface area contributed by atoms with Crippen LogP contribution in [0.1, 0.15) is 30.9 Å². The second-order valence-corrected chi connectivity index (χ2v) is 5.29. The van der Waals surface area contributed by atoms with E-state index in [0.717, 1.165) is 5.56 Å². The van der Waals surface area contributed by atoms with Crippen molar-refractivity contribution >= 4 is 5.91 Å². The molecule has 1 aliphatic heterocycles. The lowest BCUT2D eigenvalue weighted by Crippen LogP contribution is -2.46. The van der Waals surface area contributed by atoms with Crippen LogP contribution in [-0.2, 0) is 9.63 Å². The third-order valence-corrected chi connectivity index (χ3v) is 3.88. The van der Waals surface area contributed by atoms with Crippen LogP contribution in [0.25, 0.3) is 0 Å². The summed E-state index contributed by atoms with van der Waals surface area (Å²) >= 11 is 0. The Balaban J connectivity index is 1.76. The molecule has 1 aromatic rings. The number of hydrogen-bond acceptors (Lipinski definition) is 3. The monoisotopic (exact) mass is 264 g/mol. The molecule has 1 saturated heterocycles. The first-order chi connectivity index (χ1) is 9.15. The molecule has 0 spiro atoms. The van der Waals surface area contributed by atoms with Gasteiger partial charge in [-0.25, -0.2) is 9.45 Å². The van der Waals surface area contributed by atoms with Gasteiger partial charge in [-0.05, 0) is 30.5 Å². The van der Waals surface area contributed by atoms with Crippen LogP contribution in [-0.4, -0.2) is 23.6 Å². The van der Waals surface area contributed by atoms with Crippen molar-refractivity contribution in [2.45, 2.75) is 31.3 Å². The molecule has 1 aliphatic carbocycles. The largest absolute Gasteiger partial charge is 0.328 e. The van der Waals surface area contributed by atoms with Crippen molar-refractivity contribution in [2.75, 3.05) is 6.61 Å². The minimum Gasteiger partial charge on any atom is -0.328 e. The number of rotatable bonds is 2. The van der Waals surface area contributed by atoms with Crippen LogP contribution in [0.4, 0.5) is 4.39 Å². The van der Waals surface area contributed by atoms with E-state index >= 15 is 0 Å². The SMILES string of the molecule is NC1CC(C(=O)N2OCC[C@H]2c2cccc(F)c2)C1. The van der Waals surface area contributed by atoms with E-state index in [0.29, 0.717) is 25.9 Å². The molecular formula is C14H17FN2O2. The quantitative estimate of drug-likeness (QED) is 0.885. The van der Waals surface area contributed by atoms with Gasteiger partial charge in [0, 0.05) is 18.4 Å². The maximum Gasteiger partial charge on any atom is 0.249 e. The number of benzene rings is 1. The Bertz CT molecular complexity index is 488. The highest BCUT2D eigenvalue weighted by Crippen LogP contribution is 2.35. The van der Waals surface area contributed by atoms with Crippen LogP contribution in [0, 0.1) is 11.7 Å². The van der Waals surface area contributed by atoms with E-state index in [9.17, 15) is 9.18 Å². The number of amides is 1. The predicted octanol–water partition coefficient (Wildman–Crippen LogP) is 1.77. The summed E-state index contributed by atoms with van der Waals surface area (Å²) in [6.45, 7) is 0.492. The standard InChI is InChI=1S/C14H17FN2O2/c15-11-3-1-2-9(6-11)13-4-5-19-17(13)14(18)10-7-12(16)8-10/h1-3,6,10,12-13H,4-5,7-8,16H2/t10?,12?,13-/m0/s1. The van der Waals surface area contributed by atoms with Crippen LogP contribution < -0.4 is 5.73 Å².